The van der Waals surface area contributed by atoms with Gasteiger partial charge in [0, 0.05) is 7.11 Å². The van der Waals surface area contributed by atoms with Crippen LogP contribution in [0.4, 0.5) is 0 Å². The number of methoxy groups -OCH3 is 1. The number of aliphatic hydroxyl groups excluding tert-OH is 1. The van der Waals surface area contributed by atoms with E-state index in [0.717, 1.165) is 5.56 Å². The SMILES string of the molecule is COC(C1CC1)C(O)c1ccc(C)cc1. The minimum absolute atomic E-state index is 0.0345. The van der Waals surface area contributed by atoms with E-state index in [9.17, 15) is 5.11 Å². The van der Waals surface area contributed by atoms with Crippen LogP contribution in [-0.4, -0.2) is 18.3 Å². The van der Waals surface area contributed by atoms with Gasteiger partial charge in [0.25, 0.3) is 0 Å². The number of hydrogen-bond acceptors (Lipinski definition) is 2. The molecule has 1 fully saturated rings. The van der Waals surface area contributed by atoms with Crippen LogP contribution in [0.15, 0.2) is 24.3 Å². The summed E-state index contributed by atoms with van der Waals surface area (Å²) in [6.07, 6.45) is 1.85. The largest absolute Gasteiger partial charge is 0.386 e. The normalized spacial score (nSPS) is 19.9. The van der Waals surface area contributed by atoms with Crippen molar-refractivity contribution < 1.29 is 9.84 Å². The zero-order valence-corrected chi connectivity index (χ0v) is 9.31. The van der Waals surface area contributed by atoms with E-state index in [-0.39, 0.29) is 6.10 Å². The number of hydrogen-bond donors (Lipinski definition) is 1. The van der Waals surface area contributed by atoms with Gasteiger partial charge in [-0.1, -0.05) is 29.8 Å². The first-order valence-electron chi connectivity index (χ1n) is 5.50. The molecule has 2 nitrogen and oxygen atoms in total. The first-order chi connectivity index (χ1) is 7.22. The predicted molar refractivity (Wildman–Crippen MR) is 59.7 cm³/mol. The van der Waals surface area contributed by atoms with Gasteiger partial charge in [-0.2, -0.15) is 0 Å². The Labute approximate surface area is 90.9 Å². The minimum Gasteiger partial charge on any atom is -0.386 e. The molecular weight excluding hydrogens is 188 g/mol. The van der Waals surface area contributed by atoms with Crippen molar-refractivity contribution in [1.82, 2.24) is 0 Å². The maximum Gasteiger partial charge on any atom is 0.105 e. The van der Waals surface area contributed by atoms with Crippen LogP contribution in [0.3, 0.4) is 0 Å². The Bertz CT molecular complexity index is 314. The van der Waals surface area contributed by atoms with Crippen LogP contribution in [0.2, 0.25) is 0 Å². The van der Waals surface area contributed by atoms with Crippen LogP contribution in [0.25, 0.3) is 0 Å². The third-order valence-corrected chi connectivity index (χ3v) is 3.09. The van der Waals surface area contributed by atoms with Crippen LogP contribution in [0.5, 0.6) is 0 Å². The van der Waals surface area contributed by atoms with Crippen molar-refractivity contribution in [2.75, 3.05) is 7.11 Å². The van der Waals surface area contributed by atoms with Crippen molar-refractivity contribution in [2.45, 2.75) is 32.0 Å². The standard InChI is InChI=1S/C13H18O2/c1-9-3-5-10(6-4-9)12(14)13(15-2)11-7-8-11/h3-6,11-14H,7-8H2,1-2H3. The Hall–Kier alpha value is -0.860. The molecule has 1 saturated carbocycles. The molecule has 2 heteroatoms. The lowest BCUT2D eigenvalue weighted by Gasteiger charge is -2.21. The van der Waals surface area contributed by atoms with Crippen molar-refractivity contribution >= 4 is 0 Å². The molecule has 0 saturated heterocycles. The molecule has 1 N–H and O–H groups in total. The average Bonchev–Trinajstić information content (AvgIpc) is 3.04. The van der Waals surface area contributed by atoms with Crippen LogP contribution in [-0.2, 0) is 4.74 Å². The summed E-state index contributed by atoms with van der Waals surface area (Å²) in [5, 5.41) is 10.2. The molecule has 2 unspecified atom stereocenters. The van der Waals surface area contributed by atoms with Gasteiger partial charge in [0.1, 0.15) is 6.10 Å². The van der Waals surface area contributed by atoms with Gasteiger partial charge >= 0.3 is 0 Å². The fraction of sp³-hybridized carbons (Fsp3) is 0.538. The van der Waals surface area contributed by atoms with E-state index in [4.69, 9.17) is 4.74 Å². The Morgan fingerprint density at radius 1 is 1.27 bits per heavy atom. The van der Waals surface area contributed by atoms with E-state index in [2.05, 4.69) is 0 Å². The maximum absolute atomic E-state index is 10.2. The summed E-state index contributed by atoms with van der Waals surface area (Å²) in [6, 6.07) is 8.01. The zero-order valence-electron chi connectivity index (χ0n) is 9.31. The number of aryl methyl sites for hydroxylation is 1. The average molecular weight is 206 g/mol. The Morgan fingerprint density at radius 2 is 1.87 bits per heavy atom. The summed E-state index contributed by atoms with van der Waals surface area (Å²) in [7, 11) is 1.68. The molecule has 0 aliphatic heterocycles. The summed E-state index contributed by atoms with van der Waals surface area (Å²) in [5.74, 6) is 0.548. The van der Waals surface area contributed by atoms with Crippen molar-refractivity contribution in [3.63, 3.8) is 0 Å². The highest BCUT2D eigenvalue weighted by Crippen LogP contribution is 2.39. The van der Waals surface area contributed by atoms with Crippen molar-refractivity contribution in [2.24, 2.45) is 5.92 Å². The van der Waals surface area contributed by atoms with Gasteiger partial charge in [-0.05, 0) is 31.2 Å². The van der Waals surface area contributed by atoms with E-state index in [0.29, 0.717) is 5.92 Å². The molecule has 1 aliphatic rings. The quantitative estimate of drug-likeness (QED) is 0.820. The molecule has 0 aromatic heterocycles. The molecule has 1 aromatic rings. The number of benzene rings is 1. The molecule has 1 aromatic carbocycles. The Morgan fingerprint density at radius 3 is 2.33 bits per heavy atom. The van der Waals surface area contributed by atoms with Gasteiger partial charge in [0.15, 0.2) is 0 Å². The summed E-state index contributed by atoms with van der Waals surface area (Å²) >= 11 is 0. The van der Waals surface area contributed by atoms with Gasteiger partial charge in [-0.3, -0.25) is 0 Å². The summed E-state index contributed by atoms with van der Waals surface area (Å²) in [4.78, 5) is 0. The highest BCUT2D eigenvalue weighted by molar-refractivity contribution is 5.24. The second-order valence-electron chi connectivity index (χ2n) is 4.39. The zero-order chi connectivity index (χ0) is 10.8. The van der Waals surface area contributed by atoms with Crippen LogP contribution in [0.1, 0.15) is 30.1 Å². The van der Waals surface area contributed by atoms with Crippen LogP contribution in [0, 0.1) is 12.8 Å². The lowest BCUT2D eigenvalue weighted by molar-refractivity contribution is -0.0259. The minimum atomic E-state index is -0.483. The second-order valence-corrected chi connectivity index (χ2v) is 4.39. The highest BCUT2D eigenvalue weighted by Gasteiger charge is 2.36. The van der Waals surface area contributed by atoms with Gasteiger partial charge in [-0.15, -0.1) is 0 Å². The third kappa shape index (κ3) is 2.39. The summed E-state index contributed by atoms with van der Waals surface area (Å²) in [6.45, 7) is 2.05. The lowest BCUT2D eigenvalue weighted by atomic mass is 10.00. The summed E-state index contributed by atoms with van der Waals surface area (Å²) in [5.41, 5.74) is 2.17. The number of ether oxygens (including phenoxy) is 1. The van der Waals surface area contributed by atoms with E-state index in [1.165, 1.54) is 18.4 Å². The second kappa shape index (κ2) is 4.33. The molecule has 0 spiro atoms. The van der Waals surface area contributed by atoms with Crippen molar-refractivity contribution in [3.8, 4) is 0 Å². The van der Waals surface area contributed by atoms with E-state index < -0.39 is 6.10 Å². The van der Waals surface area contributed by atoms with Gasteiger partial charge in [0.2, 0.25) is 0 Å². The van der Waals surface area contributed by atoms with Crippen LogP contribution < -0.4 is 0 Å². The fourth-order valence-corrected chi connectivity index (χ4v) is 1.96. The third-order valence-electron chi connectivity index (χ3n) is 3.09. The molecule has 0 amide bonds. The topological polar surface area (TPSA) is 29.5 Å². The van der Waals surface area contributed by atoms with E-state index >= 15 is 0 Å². The molecule has 0 radical (unpaired) electrons. The molecule has 0 heterocycles. The summed E-state index contributed by atoms with van der Waals surface area (Å²) < 4.78 is 5.37. The predicted octanol–water partition coefficient (Wildman–Crippen LogP) is 2.45. The van der Waals surface area contributed by atoms with Crippen molar-refractivity contribution in [1.29, 1.82) is 0 Å². The monoisotopic (exact) mass is 206 g/mol. The molecule has 0 bridgehead atoms. The van der Waals surface area contributed by atoms with E-state index in [1.54, 1.807) is 7.11 Å². The van der Waals surface area contributed by atoms with Crippen LogP contribution >= 0.6 is 0 Å². The molecule has 2 rings (SSSR count). The van der Waals surface area contributed by atoms with E-state index in [1.807, 2.05) is 31.2 Å². The highest BCUT2D eigenvalue weighted by atomic mass is 16.5. The molecule has 15 heavy (non-hydrogen) atoms. The van der Waals surface area contributed by atoms with Gasteiger partial charge < -0.3 is 9.84 Å². The first-order valence-corrected chi connectivity index (χ1v) is 5.50. The van der Waals surface area contributed by atoms with Gasteiger partial charge in [0.05, 0.1) is 6.10 Å². The fourth-order valence-electron chi connectivity index (χ4n) is 1.96. The molecule has 82 valence electrons. The number of aliphatic hydroxyl groups is 1. The smallest absolute Gasteiger partial charge is 0.105 e. The Balaban J connectivity index is 2.11. The molecule has 2 atom stereocenters. The molecular formula is C13H18O2. The van der Waals surface area contributed by atoms with Crippen molar-refractivity contribution in [3.05, 3.63) is 35.4 Å². The molecule has 1 aliphatic carbocycles. The first kappa shape index (κ1) is 10.7. The lowest BCUT2D eigenvalue weighted by Crippen LogP contribution is -2.22. The van der Waals surface area contributed by atoms with Gasteiger partial charge in [-0.25, -0.2) is 0 Å². The number of rotatable bonds is 4. The Kier molecular flexibility index (Phi) is 3.08. The maximum atomic E-state index is 10.2.